The Labute approximate surface area is 250 Å². The molecule has 0 saturated carbocycles. The fourth-order valence-electron chi connectivity index (χ4n) is 4.03. The van der Waals surface area contributed by atoms with Crippen LogP contribution in [-0.4, -0.2) is 41.4 Å². The van der Waals surface area contributed by atoms with E-state index in [9.17, 15) is 24.5 Å². The highest BCUT2D eigenvalue weighted by atomic mass is 35.5. The van der Waals surface area contributed by atoms with E-state index in [0.29, 0.717) is 29.2 Å². The second kappa shape index (κ2) is 13.4. The van der Waals surface area contributed by atoms with Crippen LogP contribution in [0.2, 0.25) is 10.0 Å². The third-order valence-electron chi connectivity index (χ3n) is 6.08. The Morgan fingerprint density at radius 1 is 0.976 bits per heavy atom. The Hall–Kier alpha value is -4.61. The molecule has 1 N–H and O–H groups in total. The van der Waals surface area contributed by atoms with Crippen LogP contribution in [0, 0.1) is 10.1 Å². The van der Waals surface area contributed by atoms with E-state index in [-0.39, 0.29) is 45.8 Å². The zero-order valence-electron chi connectivity index (χ0n) is 22.5. The second-order valence-electron chi connectivity index (χ2n) is 9.06. The van der Waals surface area contributed by atoms with Gasteiger partial charge in [-0.2, -0.15) is 0 Å². The highest BCUT2D eigenvalue weighted by Crippen LogP contribution is 2.35. The number of nitrogens with one attached hydrogen (secondary N) is 1. The quantitative estimate of drug-likeness (QED) is 0.121. The van der Waals surface area contributed by atoms with Gasteiger partial charge in [-0.3, -0.25) is 29.9 Å². The summed E-state index contributed by atoms with van der Waals surface area (Å²) in [5.74, 6) is -0.678. The zero-order valence-corrected chi connectivity index (χ0v) is 24.0. The topological polar surface area (TPSA) is 137 Å². The van der Waals surface area contributed by atoms with E-state index in [4.69, 9.17) is 37.4 Å². The number of carbonyl (C=O) groups excluding carboxylic acids is 3. The molecule has 0 spiro atoms. The maximum absolute atomic E-state index is 13.4. The third kappa shape index (κ3) is 6.99. The molecule has 1 saturated heterocycles. The number of urea groups is 1. The summed E-state index contributed by atoms with van der Waals surface area (Å²) in [6, 6.07) is 12.7. The number of non-ortho nitro benzene ring substituents is 1. The Bertz CT molecular complexity index is 1570. The average molecular weight is 614 g/mol. The van der Waals surface area contributed by atoms with Crippen LogP contribution in [0.25, 0.3) is 6.08 Å². The molecule has 4 rings (SSSR count). The predicted molar refractivity (Wildman–Crippen MR) is 155 cm³/mol. The van der Waals surface area contributed by atoms with Crippen molar-refractivity contribution in [3.8, 4) is 17.2 Å². The van der Waals surface area contributed by atoms with E-state index in [0.717, 1.165) is 11.3 Å². The molecule has 1 heterocycles. The van der Waals surface area contributed by atoms with Gasteiger partial charge in [0.05, 0.1) is 30.2 Å². The van der Waals surface area contributed by atoms with Crippen LogP contribution < -0.4 is 19.5 Å². The van der Waals surface area contributed by atoms with Crippen molar-refractivity contribution in [2.75, 3.05) is 13.7 Å². The lowest BCUT2D eigenvalue weighted by Gasteiger charge is -2.27. The van der Waals surface area contributed by atoms with Gasteiger partial charge in [0, 0.05) is 22.7 Å². The van der Waals surface area contributed by atoms with E-state index < -0.39 is 22.8 Å². The van der Waals surface area contributed by atoms with Gasteiger partial charge >= 0.3 is 6.03 Å². The molecule has 1 aliphatic rings. The number of carbonyl (C=O) groups is 3. The molecule has 0 aliphatic carbocycles. The van der Waals surface area contributed by atoms with Crippen LogP contribution in [0.1, 0.15) is 30.0 Å². The number of nitrogens with zero attached hydrogens (tertiary/aromatic N) is 2. The summed E-state index contributed by atoms with van der Waals surface area (Å²) in [6.45, 7) is 2.28. The first kappa shape index (κ1) is 30.4. The maximum atomic E-state index is 13.4. The van der Waals surface area contributed by atoms with Crippen molar-refractivity contribution in [3.05, 3.63) is 97.0 Å². The van der Waals surface area contributed by atoms with Crippen LogP contribution in [0.5, 0.6) is 17.2 Å². The Morgan fingerprint density at radius 2 is 1.69 bits per heavy atom. The van der Waals surface area contributed by atoms with Gasteiger partial charge in [0.25, 0.3) is 17.5 Å². The van der Waals surface area contributed by atoms with Crippen molar-refractivity contribution in [2.24, 2.45) is 0 Å². The number of methoxy groups -OCH3 is 1. The van der Waals surface area contributed by atoms with Gasteiger partial charge in [-0.25, -0.2) is 4.79 Å². The Kier molecular flexibility index (Phi) is 9.66. The number of hydrogen-bond donors (Lipinski definition) is 1. The molecule has 1 aliphatic heterocycles. The summed E-state index contributed by atoms with van der Waals surface area (Å²) in [7, 11) is 1.48. The summed E-state index contributed by atoms with van der Waals surface area (Å²) in [6.07, 6.45) is 2.04. The molecule has 13 heteroatoms. The number of halogens is 2. The first-order valence-corrected chi connectivity index (χ1v) is 13.4. The lowest BCUT2D eigenvalue weighted by Crippen LogP contribution is -2.53. The van der Waals surface area contributed by atoms with Crippen molar-refractivity contribution in [2.45, 2.75) is 26.5 Å². The molecule has 4 amide bonds. The smallest absolute Gasteiger partial charge is 0.331 e. The molecule has 1 fully saturated rings. The first-order chi connectivity index (χ1) is 20.1. The lowest BCUT2D eigenvalue weighted by atomic mass is 10.1. The van der Waals surface area contributed by atoms with Crippen LogP contribution in [0.4, 0.5) is 10.5 Å². The number of amides is 4. The molecule has 0 bridgehead atoms. The van der Waals surface area contributed by atoms with Crippen LogP contribution in [-0.2, 0) is 22.7 Å². The van der Waals surface area contributed by atoms with Gasteiger partial charge in [0.2, 0.25) is 0 Å². The minimum absolute atomic E-state index is 0.0277. The minimum Gasteiger partial charge on any atom is -0.493 e. The number of rotatable bonds is 11. The molecular weight excluding hydrogens is 589 g/mol. The van der Waals surface area contributed by atoms with Crippen LogP contribution in [0.15, 0.2) is 60.2 Å². The van der Waals surface area contributed by atoms with Gasteiger partial charge in [0.1, 0.15) is 17.9 Å². The van der Waals surface area contributed by atoms with Crippen molar-refractivity contribution < 1.29 is 33.5 Å². The van der Waals surface area contributed by atoms with Crippen molar-refractivity contribution >= 4 is 52.8 Å². The van der Waals surface area contributed by atoms with Gasteiger partial charge < -0.3 is 14.2 Å². The first-order valence-electron chi connectivity index (χ1n) is 12.6. The summed E-state index contributed by atoms with van der Waals surface area (Å²) < 4.78 is 16.9. The predicted octanol–water partition coefficient (Wildman–Crippen LogP) is 5.94. The fourth-order valence-corrected chi connectivity index (χ4v) is 4.59. The highest BCUT2D eigenvalue weighted by Gasteiger charge is 2.36. The van der Waals surface area contributed by atoms with E-state index in [2.05, 4.69) is 5.32 Å². The van der Waals surface area contributed by atoms with Gasteiger partial charge in [-0.15, -0.1) is 0 Å². The van der Waals surface area contributed by atoms with Gasteiger partial charge in [-0.1, -0.05) is 36.2 Å². The summed E-state index contributed by atoms with van der Waals surface area (Å²) in [4.78, 5) is 50.1. The Morgan fingerprint density at radius 3 is 2.36 bits per heavy atom. The van der Waals surface area contributed by atoms with Gasteiger partial charge in [0.15, 0.2) is 11.5 Å². The third-order valence-corrected chi connectivity index (χ3v) is 6.58. The molecule has 0 atom stereocenters. The molecule has 0 unspecified atom stereocenters. The molecule has 0 aromatic heterocycles. The molecule has 3 aromatic rings. The van der Waals surface area contributed by atoms with Crippen LogP contribution in [0.3, 0.4) is 0 Å². The number of nitro benzene ring substituents is 1. The van der Waals surface area contributed by atoms with Crippen LogP contribution >= 0.6 is 23.2 Å². The summed E-state index contributed by atoms with van der Waals surface area (Å²) in [5.41, 5.74) is 0.957. The Balaban J connectivity index is 1.61. The number of nitro groups is 1. The van der Waals surface area contributed by atoms with Crippen molar-refractivity contribution in [3.63, 3.8) is 0 Å². The average Bonchev–Trinajstić information content (AvgIpc) is 2.96. The second-order valence-corrected chi connectivity index (χ2v) is 9.90. The monoisotopic (exact) mass is 613 g/mol. The summed E-state index contributed by atoms with van der Waals surface area (Å²) in [5, 5.41) is 13.4. The number of benzene rings is 3. The fraction of sp³-hybridized carbons (Fsp3) is 0.207. The van der Waals surface area contributed by atoms with Crippen molar-refractivity contribution in [1.29, 1.82) is 0 Å². The molecule has 218 valence electrons. The number of hydrogen-bond acceptors (Lipinski definition) is 8. The van der Waals surface area contributed by atoms with E-state index in [1.807, 2.05) is 6.92 Å². The van der Waals surface area contributed by atoms with Crippen molar-refractivity contribution in [1.82, 2.24) is 10.2 Å². The van der Waals surface area contributed by atoms with E-state index in [1.54, 1.807) is 18.2 Å². The lowest BCUT2D eigenvalue weighted by molar-refractivity contribution is -0.384. The number of barbiturate groups is 1. The molecule has 11 nitrogen and oxygen atoms in total. The van der Waals surface area contributed by atoms with E-state index >= 15 is 0 Å². The molecule has 42 heavy (non-hydrogen) atoms. The normalized spacial score (nSPS) is 14.1. The molecule has 3 aromatic carbocycles. The number of ether oxygens (including phenoxy) is 3. The van der Waals surface area contributed by atoms with Gasteiger partial charge in [-0.05, 0) is 60.0 Å². The maximum Gasteiger partial charge on any atom is 0.331 e. The molecule has 0 radical (unpaired) electrons. The number of imide groups is 2. The standard InChI is InChI=1S/C29H25Cl2N3O8/c1-3-10-41-24-9-6-18(11-25(24)40-2)15-33-28(36)22(27(35)32-29(33)37)13-19-12-20(30)14-23(31)26(19)42-16-17-4-7-21(8-5-17)34(38)39/h4-9,11-14H,3,10,15-16H2,1-2H3,(H,32,35,37)/b22-13+. The highest BCUT2D eigenvalue weighted by molar-refractivity contribution is 6.36. The SMILES string of the molecule is CCCOc1ccc(CN2C(=O)NC(=O)/C(=C\c3cc(Cl)cc(Cl)c3OCc3ccc([N+](=O)[O-])cc3)C2=O)cc1OC. The summed E-state index contributed by atoms with van der Waals surface area (Å²) >= 11 is 12.6. The molecular formula is C29H25Cl2N3O8. The minimum atomic E-state index is -0.903. The van der Waals surface area contributed by atoms with E-state index in [1.165, 1.54) is 49.6 Å². The zero-order chi connectivity index (χ0) is 30.4. The largest absolute Gasteiger partial charge is 0.493 e.